The number of nitrogens with zero attached hydrogens (tertiary/aromatic N) is 1. The van der Waals surface area contributed by atoms with Crippen LogP contribution in [0.1, 0.15) is 36.8 Å². The van der Waals surface area contributed by atoms with Gasteiger partial charge in [0.05, 0.1) is 17.7 Å². The first-order chi connectivity index (χ1) is 10.8. The Morgan fingerprint density at radius 3 is 2.73 bits per heavy atom. The van der Waals surface area contributed by atoms with Gasteiger partial charge in [-0.3, -0.25) is 0 Å². The molecule has 1 saturated carbocycles. The highest BCUT2D eigenvalue weighted by atomic mass is 16.5. The predicted octanol–water partition coefficient (Wildman–Crippen LogP) is 4.49. The zero-order valence-electron chi connectivity index (χ0n) is 12.6. The van der Waals surface area contributed by atoms with Crippen molar-refractivity contribution < 1.29 is 4.74 Å². The number of hydrogen-bond donors (Lipinski definition) is 1. The first-order valence-corrected chi connectivity index (χ1v) is 7.83. The molecule has 1 N–H and O–H groups in total. The molecule has 0 atom stereocenters. The lowest BCUT2D eigenvalue weighted by Gasteiger charge is -2.14. The van der Waals surface area contributed by atoms with Crippen molar-refractivity contribution in [2.24, 2.45) is 0 Å². The summed E-state index contributed by atoms with van der Waals surface area (Å²) in [4.78, 5) is 0. The van der Waals surface area contributed by atoms with Gasteiger partial charge in [0.2, 0.25) is 0 Å². The predicted molar refractivity (Wildman–Crippen MR) is 87.8 cm³/mol. The third-order valence-corrected chi connectivity index (χ3v) is 3.99. The van der Waals surface area contributed by atoms with Crippen molar-refractivity contribution in [3.63, 3.8) is 0 Å². The minimum absolute atomic E-state index is 0.377. The third kappa shape index (κ3) is 3.79. The number of nitriles is 1. The van der Waals surface area contributed by atoms with Gasteiger partial charge in [-0.15, -0.1) is 0 Å². The van der Waals surface area contributed by atoms with E-state index in [0.29, 0.717) is 18.2 Å². The summed E-state index contributed by atoms with van der Waals surface area (Å²) in [5.74, 6) is 0.933. The normalized spacial score (nSPS) is 14.5. The van der Waals surface area contributed by atoms with Gasteiger partial charge in [0, 0.05) is 18.3 Å². The molecule has 0 bridgehead atoms. The van der Waals surface area contributed by atoms with Gasteiger partial charge in [-0.1, -0.05) is 18.2 Å². The average molecular weight is 292 g/mol. The third-order valence-electron chi connectivity index (χ3n) is 3.99. The fourth-order valence-electron chi connectivity index (χ4n) is 2.83. The summed E-state index contributed by atoms with van der Waals surface area (Å²) in [6.07, 6.45) is 5.26. The highest BCUT2D eigenvalue weighted by Crippen LogP contribution is 2.25. The first kappa shape index (κ1) is 14.5. The molecule has 2 aromatic rings. The fourth-order valence-corrected chi connectivity index (χ4v) is 2.83. The molecule has 2 aromatic carbocycles. The van der Waals surface area contributed by atoms with Crippen molar-refractivity contribution in [3.8, 4) is 11.8 Å². The molecule has 3 heteroatoms. The molecule has 0 amide bonds. The topological polar surface area (TPSA) is 45.0 Å². The van der Waals surface area contributed by atoms with Crippen LogP contribution in [0.4, 0.5) is 5.69 Å². The Kier molecular flexibility index (Phi) is 4.60. The second kappa shape index (κ2) is 7.00. The van der Waals surface area contributed by atoms with Gasteiger partial charge < -0.3 is 10.1 Å². The Bertz CT molecular complexity index is 669. The van der Waals surface area contributed by atoms with Crippen molar-refractivity contribution in [1.82, 2.24) is 0 Å². The standard InChI is InChI=1S/C19H20N2O/c20-13-15-5-3-6-16(11-15)14-21-17-7-4-10-19(12-17)22-18-8-1-2-9-18/h3-7,10-12,18,21H,1-2,8-9,14H2. The molecule has 0 saturated heterocycles. The maximum atomic E-state index is 8.93. The van der Waals surface area contributed by atoms with Crippen molar-refractivity contribution in [2.45, 2.75) is 38.3 Å². The number of nitrogens with one attached hydrogen (secondary N) is 1. The van der Waals surface area contributed by atoms with E-state index in [0.717, 1.165) is 17.0 Å². The van der Waals surface area contributed by atoms with Gasteiger partial charge in [0.15, 0.2) is 0 Å². The monoisotopic (exact) mass is 292 g/mol. The second-order valence-corrected chi connectivity index (χ2v) is 5.72. The lowest BCUT2D eigenvalue weighted by Crippen LogP contribution is -2.11. The smallest absolute Gasteiger partial charge is 0.121 e. The molecule has 0 unspecified atom stereocenters. The largest absolute Gasteiger partial charge is 0.490 e. The molecule has 112 valence electrons. The Hall–Kier alpha value is -2.47. The zero-order chi connectivity index (χ0) is 15.2. The van der Waals surface area contributed by atoms with Gasteiger partial charge in [-0.25, -0.2) is 0 Å². The summed E-state index contributed by atoms with van der Waals surface area (Å²) in [6, 6.07) is 17.9. The van der Waals surface area contributed by atoms with Crippen LogP contribution in [0.5, 0.6) is 5.75 Å². The minimum atomic E-state index is 0.377. The van der Waals surface area contributed by atoms with E-state index in [4.69, 9.17) is 10.00 Å². The molecule has 22 heavy (non-hydrogen) atoms. The zero-order valence-corrected chi connectivity index (χ0v) is 12.6. The number of ether oxygens (including phenoxy) is 1. The van der Waals surface area contributed by atoms with Crippen LogP contribution in [0.2, 0.25) is 0 Å². The van der Waals surface area contributed by atoms with Crippen LogP contribution >= 0.6 is 0 Å². The maximum absolute atomic E-state index is 8.93. The summed E-state index contributed by atoms with van der Waals surface area (Å²) in [6.45, 7) is 0.697. The quantitative estimate of drug-likeness (QED) is 0.883. The van der Waals surface area contributed by atoms with Crippen LogP contribution in [-0.4, -0.2) is 6.10 Å². The van der Waals surface area contributed by atoms with E-state index >= 15 is 0 Å². The van der Waals surface area contributed by atoms with Gasteiger partial charge in [-0.2, -0.15) is 5.26 Å². The highest BCUT2D eigenvalue weighted by molar-refractivity contribution is 5.49. The van der Waals surface area contributed by atoms with E-state index in [9.17, 15) is 0 Å². The number of hydrogen-bond acceptors (Lipinski definition) is 3. The summed E-state index contributed by atoms with van der Waals surface area (Å²) in [5, 5.41) is 12.3. The van der Waals surface area contributed by atoms with E-state index in [-0.39, 0.29) is 0 Å². The van der Waals surface area contributed by atoms with Crippen LogP contribution in [0.15, 0.2) is 48.5 Å². The number of anilines is 1. The molecule has 1 fully saturated rings. The van der Waals surface area contributed by atoms with Crippen molar-refractivity contribution in [1.29, 1.82) is 5.26 Å². The van der Waals surface area contributed by atoms with Gasteiger partial charge in [0.1, 0.15) is 5.75 Å². The van der Waals surface area contributed by atoms with Crippen LogP contribution in [-0.2, 0) is 6.54 Å². The maximum Gasteiger partial charge on any atom is 0.121 e. The number of benzene rings is 2. The van der Waals surface area contributed by atoms with Crippen LogP contribution in [0.3, 0.4) is 0 Å². The molecular weight excluding hydrogens is 272 g/mol. The molecule has 3 rings (SSSR count). The second-order valence-electron chi connectivity index (χ2n) is 5.72. The van der Waals surface area contributed by atoms with E-state index in [1.165, 1.54) is 25.7 Å². The molecule has 3 nitrogen and oxygen atoms in total. The molecule has 0 spiro atoms. The molecule has 0 radical (unpaired) electrons. The minimum Gasteiger partial charge on any atom is -0.490 e. The van der Waals surface area contributed by atoms with E-state index < -0.39 is 0 Å². The Morgan fingerprint density at radius 1 is 1.09 bits per heavy atom. The van der Waals surface area contributed by atoms with Gasteiger partial charge in [0.25, 0.3) is 0 Å². The lowest BCUT2D eigenvalue weighted by atomic mass is 10.1. The summed E-state index contributed by atoms with van der Waals surface area (Å²) in [5.41, 5.74) is 2.83. The molecule has 0 aliphatic heterocycles. The SMILES string of the molecule is N#Cc1cccc(CNc2cccc(OC3CCCC3)c2)c1. The molecule has 0 heterocycles. The summed E-state index contributed by atoms with van der Waals surface area (Å²) < 4.78 is 6.02. The summed E-state index contributed by atoms with van der Waals surface area (Å²) >= 11 is 0. The highest BCUT2D eigenvalue weighted by Gasteiger charge is 2.16. The van der Waals surface area contributed by atoms with Crippen molar-refractivity contribution >= 4 is 5.69 Å². The Labute approximate surface area is 131 Å². The van der Waals surface area contributed by atoms with E-state index in [1.54, 1.807) is 0 Å². The van der Waals surface area contributed by atoms with Gasteiger partial charge >= 0.3 is 0 Å². The van der Waals surface area contributed by atoms with Crippen molar-refractivity contribution in [2.75, 3.05) is 5.32 Å². The molecular formula is C19H20N2O. The average Bonchev–Trinajstić information content (AvgIpc) is 3.06. The number of rotatable bonds is 5. The van der Waals surface area contributed by atoms with Crippen LogP contribution in [0, 0.1) is 11.3 Å². The van der Waals surface area contributed by atoms with Gasteiger partial charge in [-0.05, 0) is 55.5 Å². The van der Waals surface area contributed by atoms with Crippen LogP contribution in [0.25, 0.3) is 0 Å². The first-order valence-electron chi connectivity index (χ1n) is 7.83. The Morgan fingerprint density at radius 2 is 1.91 bits per heavy atom. The van der Waals surface area contributed by atoms with E-state index in [2.05, 4.69) is 11.4 Å². The summed E-state index contributed by atoms with van der Waals surface area (Å²) in [7, 11) is 0. The molecule has 1 aliphatic carbocycles. The Balaban J connectivity index is 1.61. The van der Waals surface area contributed by atoms with Crippen LogP contribution < -0.4 is 10.1 Å². The van der Waals surface area contributed by atoms with E-state index in [1.807, 2.05) is 48.5 Å². The van der Waals surface area contributed by atoms with Crippen molar-refractivity contribution in [3.05, 3.63) is 59.7 Å². The fraction of sp³-hybridized carbons (Fsp3) is 0.316. The lowest BCUT2D eigenvalue weighted by molar-refractivity contribution is 0.210. The molecule has 1 aliphatic rings. The molecule has 0 aromatic heterocycles.